The number of hydrogen-bond donors (Lipinski definition) is 2. The second kappa shape index (κ2) is 13.0. The van der Waals surface area contributed by atoms with Gasteiger partial charge in [-0.2, -0.15) is 0 Å². The average molecular weight is 549 g/mol. The standard InChI is InChI=1S/C25H36N6.HI/c1-2-26-25(28-19-22-10-11-24(27-18-22)31-14-6-7-15-31)29-23-12-16-30(17-13-23)20-21-8-4-3-5-9-21;/h3-5,8-11,18,23H,2,6-7,12-17,19-20H2,1H3,(H2,26,28,29);1H. The summed E-state index contributed by atoms with van der Waals surface area (Å²) >= 11 is 0. The molecule has 1 aromatic carbocycles. The third kappa shape index (κ3) is 7.33. The molecule has 4 rings (SSSR count). The molecular weight excluding hydrogens is 511 g/mol. The quantitative estimate of drug-likeness (QED) is 0.311. The maximum absolute atomic E-state index is 4.82. The van der Waals surface area contributed by atoms with E-state index in [4.69, 9.17) is 4.99 Å². The van der Waals surface area contributed by atoms with Crippen LogP contribution in [-0.4, -0.2) is 54.6 Å². The fraction of sp³-hybridized carbons (Fsp3) is 0.520. The highest BCUT2D eigenvalue weighted by Gasteiger charge is 2.20. The van der Waals surface area contributed by atoms with Crippen LogP contribution in [0.5, 0.6) is 0 Å². The normalized spacial score (nSPS) is 17.8. The molecule has 7 heteroatoms. The average Bonchev–Trinajstić information content (AvgIpc) is 3.35. The minimum atomic E-state index is 0. The number of rotatable bonds is 7. The summed E-state index contributed by atoms with van der Waals surface area (Å²) in [7, 11) is 0. The monoisotopic (exact) mass is 548 g/mol. The molecular formula is C25H37IN6. The van der Waals surface area contributed by atoms with E-state index in [-0.39, 0.29) is 24.0 Å². The van der Waals surface area contributed by atoms with Crippen LogP contribution in [0.3, 0.4) is 0 Å². The first-order valence-electron chi connectivity index (χ1n) is 11.8. The summed E-state index contributed by atoms with van der Waals surface area (Å²) in [5, 5.41) is 7.06. The van der Waals surface area contributed by atoms with Gasteiger partial charge in [-0.15, -0.1) is 24.0 Å². The molecule has 2 aliphatic rings. The van der Waals surface area contributed by atoms with Crippen LogP contribution in [0.25, 0.3) is 0 Å². The molecule has 3 heterocycles. The molecule has 2 N–H and O–H groups in total. The van der Waals surface area contributed by atoms with Crippen LogP contribution in [0.4, 0.5) is 5.82 Å². The van der Waals surface area contributed by atoms with Gasteiger partial charge in [-0.25, -0.2) is 9.98 Å². The molecule has 2 fully saturated rings. The predicted molar refractivity (Wildman–Crippen MR) is 144 cm³/mol. The zero-order valence-electron chi connectivity index (χ0n) is 19.2. The summed E-state index contributed by atoms with van der Waals surface area (Å²) in [6.45, 7) is 9.17. The van der Waals surface area contributed by atoms with Crippen molar-refractivity contribution < 1.29 is 0 Å². The zero-order valence-corrected chi connectivity index (χ0v) is 21.5. The Morgan fingerprint density at radius 3 is 2.41 bits per heavy atom. The van der Waals surface area contributed by atoms with Gasteiger partial charge in [0.2, 0.25) is 0 Å². The lowest BCUT2D eigenvalue weighted by atomic mass is 10.0. The number of benzene rings is 1. The highest BCUT2D eigenvalue weighted by atomic mass is 127. The van der Waals surface area contributed by atoms with Gasteiger partial charge in [0, 0.05) is 51.5 Å². The molecule has 2 saturated heterocycles. The van der Waals surface area contributed by atoms with Crippen molar-refractivity contribution in [3.63, 3.8) is 0 Å². The van der Waals surface area contributed by atoms with E-state index in [1.165, 1.54) is 18.4 Å². The van der Waals surface area contributed by atoms with Crippen molar-refractivity contribution in [2.45, 2.75) is 51.7 Å². The number of guanidine groups is 1. The Bertz CT molecular complexity index is 812. The molecule has 0 spiro atoms. The van der Waals surface area contributed by atoms with Gasteiger partial charge in [-0.05, 0) is 49.8 Å². The van der Waals surface area contributed by atoms with Crippen LogP contribution in [-0.2, 0) is 13.1 Å². The molecule has 32 heavy (non-hydrogen) atoms. The molecule has 1 aromatic heterocycles. The number of hydrogen-bond acceptors (Lipinski definition) is 4. The first-order valence-corrected chi connectivity index (χ1v) is 11.8. The Kier molecular flexibility index (Phi) is 10.1. The number of pyridine rings is 1. The van der Waals surface area contributed by atoms with Crippen LogP contribution < -0.4 is 15.5 Å². The van der Waals surface area contributed by atoms with Crippen molar-refractivity contribution in [3.05, 3.63) is 59.8 Å². The van der Waals surface area contributed by atoms with E-state index < -0.39 is 0 Å². The molecule has 0 aliphatic carbocycles. The molecule has 0 saturated carbocycles. The van der Waals surface area contributed by atoms with Gasteiger partial charge in [0.25, 0.3) is 0 Å². The number of nitrogens with one attached hydrogen (secondary N) is 2. The Labute approximate surface area is 209 Å². The van der Waals surface area contributed by atoms with E-state index in [0.29, 0.717) is 12.6 Å². The molecule has 0 unspecified atom stereocenters. The predicted octanol–water partition coefficient (Wildman–Crippen LogP) is 4.02. The fourth-order valence-electron chi connectivity index (χ4n) is 4.40. The van der Waals surface area contributed by atoms with Crippen molar-refractivity contribution >= 4 is 35.8 Å². The van der Waals surface area contributed by atoms with E-state index in [1.807, 2.05) is 6.20 Å². The molecule has 2 aromatic rings. The second-order valence-corrected chi connectivity index (χ2v) is 8.59. The van der Waals surface area contributed by atoms with Crippen molar-refractivity contribution in [1.82, 2.24) is 20.5 Å². The summed E-state index contributed by atoms with van der Waals surface area (Å²) in [4.78, 5) is 14.4. The number of halogens is 1. The molecule has 2 aliphatic heterocycles. The number of aromatic nitrogens is 1. The Balaban J connectivity index is 0.00000289. The van der Waals surface area contributed by atoms with Crippen molar-refractivity contribution in [2.24, 2.45) is 4.99 Å². The Hall–Kier alpha value is -1.87. The third-order valence-electron chi connectivity index (χ3n) is 6.18. The highest BCUT2D eigenvalue weighted by Crippen LogP contribution is 2.18. The number of nitrogens with zero attached hydrogens (tertiary/aromatic N) is 4. The van der Waals surface area contributed by atoms with E-state index in [2.05, 4.69) is 74.8 Å². The van der Waals surface area contributed by atoms with E-state index in [1.54, 1.807) is 0 Å². The third-order valence-corrected chi connectivity index (χ3v) is 6.18. The number of anilines is 1. The second-order valence-electron chi connectivity index (χ2n) is 8.59. The fourth-order valence-corrected chi connectivity index (χ4v) is 4.40. The first kappa shape index (κ1) is 24.8. The van der Waals surface area contributed by atoms with Gasteiger partial charge >= 0.3 is 0 Å². The summed E-state index contributed by atoms with van der Waals surface area (Å²) in [5.41, 5.74) is 2.55. The minimum absolute atomic E-state index is 0. The lowest BCUT2D eigenvalue weighted by molar-refractivity contribution is 0.198. The first-order chi connectivity index (χ1) is 15.3. The molecule has 0 atom stereocenters. The van der Waals surface area contributed by atoms with Crippen LogP contribution in [0, 0.1) is 0 Å². The maximum Gasteiger partial charge on any atom is 0.191 e. The van der Waals surface area contributed by atoms with Gasteiger partial charge in [-0.3, -0.25) is 4.90 Å². The molecule has 174 valence electrons. The van der Waals surface area contributed by atoms with E-state index in [0.717, 1.165) is 69.5 Å². The van der Waals surface area contributed by atoms with Gasteiger partial charge < -0.3 is 15.5 Å². The highest BCUT2D eigenvalue weighted by molar-refractivity contribution is 14.0. The Morgan fingerprint density at radius 2 is 1.75 bits per heavy atom. The van der Waals surface area contributed by atoms with Gasteiger partial charge in [0.1, 0.15) is 5.82 Å². The summed E-state index contributed by atoms with van der Waals surface area (Å²) in [6, 6.07) is 15.5. The molecule has 6 nitrogen and oxygen atoms in total. The number of likely N-dealkylation sites (tertiary alicyclic amines) is 1. The largest absolute Gasteiger partial charge is 0.357 e. The van der Waals surface area contributed by atoms with Crippen molar-refractivity contribution in [2.75, 3.05) is 37.6 Å². The van der Waals surface area contributed by atoms with Crippen molar-refractivity contribution in [1.29, 1.82) is 0 Å². The van der Waals surface area contributed by atoms with Crippen LogP contribution in [0.2, 0.25) is 0 Å². The van der Waals surface area contributed by atoms with Crippen LogP contribution in [0.1, 0.15) is 43.7 Å². The molecule has 0 bridgehead atoms. The number of aliphatic imine (C=N–C) groups is 1. The van der Waals surface area contributed by atoms with Crippen LogP contribution >= 0.6 is 24.0 Å². The number of piperidine rings is 1. The van der Waals surface area contributed by atoms with Crippen LogP contribution in [0.15, 0.2) is 53.7 Å². The summed E-state index contributed by atoms with van der Waals surface area (Å²) in [5.74, 6) is 2.00. The summed E-state index contributed by atoms with van der Waals surface area (Å²) in [6.07, 6.45) is 6.81. The topological polar surface area (TPSA) is 55.8 Å². The Morgan fingerprint density at radius 1 is 1.00 bits per heavy atom. The molecule has 0 radical (unpaired) electrons. The van der Waals surface area contributed by atoms with Crippen molar-refractivity contribution in [3.8, 4) is 0 Å². The summed E-state index contributed by atoms with van der Waals surface area (Å²) < 4.78 is 0. The zero-order chi connectivity index (χ0) is 21.3. The van der Waals surface area contributed by atoms with E-state index in [9.17, 15) is 0 Å². The van der Waals surface area contributed by atoms with Gasteiger partial charge in [0.05, 0.1) is 6.54 Å². The SMILES string of the molecule is CCNC(=NCc1ccc(N2CCCC2)nc1)NC1CCN(Cc2ccccc2)CC1.I. The molecule has 0 amide bonds. The maximum atomic E-state index is 4.82. The van der Waals surface area contributed by atoms with Gasteiger partial charge in [0.15, 0.2) is 5.96 Å². The van der Waals surface area contributed by atoms with E-state index >= 15 is 0 Å². The smallest absolute Gasteiger partial charge is 0.191 e. The lowest BCUT2D eigenvalue weighted by Gasteiger charge is -2.33. The minimum Gasteiger partial charge on any atom is -0.357 e. The van der Waals surface area contributed by atoms with Gasteiger partial charge in [-0.1, -0.05) is 36.4 Å². The lowest BCUT2D eigenvalue weighted by Crippen LogP contribution is -2.48.